The molecule has 2 heterocycles. The predicted molar refractivity (Wildman–Crippen MR) is 92.2 cm³/mol. The van der Waals surface area contributed by atoms with E-state index in [4.69, 9.17) is 16.3 Å². The molecule has 0 aliphatic carbocycles. The van der Waals surface area contributed by atoms with E-state index in [0.29, 0.717) is 24.0 Å². The van der Waals surface area contributed by atoms with Crippen LogP contribution in [0.3, 0.4) is 0 Å². The second-order valence-electron chi connectivity index (χ2n) is 6.07. The Labute approximate surface area is 146 Å². The average molecular weight is 346 g/mol. The fraction of sp³-hybridized carbons (Fsp3) is 0.389. The summed E-state index contributed by atoms with van der Waals surface area (Å²) in [6.07, 6.45) is 5.16. The summed E-state index contributed by atoms with van der Waals surface area (Å²) in [7, 11) is 0. The van der Waals surface area contributed by atoms with E-state index in [2.05, 4.69) is 16.0 Å². The SMILES string of the molecule is Cc1cccc(CC(=O)N2CCCC(Oc3ncc(Cl)cn3)C2)c1. The first-order valence-corrected chi connectivity index (χ1v) is 8.45. The first-order valence-electron chi connectivity index (χ1n) is 8.07. The van der Waals surface area contributed by atoms with Gasteiger partial charge in [0.05, 0.1) is 30.4 Å². The minimum absolute atomic E-state index is 0.0821. The molecule has 1 unspecified atom stereocenters. The fourth-order valence-corrected chi connectivity index (χ4v) is 2.98. The number of nitrogens with zero attached hydrogens (tertiary/aromatic N) is 3. The van der Waals surface area contributed by atoms with Gasteiger partial charge in [0.2, 0.25) is 5.91 Å². The lowest BCUT2D eigenvalue weighted by Gasteiger charge is -2.32. The number of benzene rings is 1. The zero-order chi connectivity index (χ0) is 16.9. The number of aromatic nitrogens is 2. The van der Waals surface area contributed by atoms with Crippen molar-refractivity contribution in [3.63, 3.8) is 0 Å². The van der Waals surface area contributed by atoms with E-state index < -0.39 is 0 Å². The van der Waals surface area contributed by atoms with Crippen molar-refractivity contribution < 1.29 is 9.53 Å². The number of amides is 1. The first kappa shape index (κ1) is 16.7. The number of carbonyl (C=O) groups is 1. The molecule has 1 aromatic carbocycles. The van der Waals surface area contributed by atoms with E-state index in [1.165, 1.54) is 18.0 Å². The molecule has 0 spiro atoms. The lowest BCUT2D eigenvalue weighted by Crippen LogP contribution is -2.45. The van der Waals surface area contributed by atoms with Gasteiger partial charge in [-0.2, -0.15) is 0 Å². The third-order valence-electron chi connectivity index (χ3n) is 4.04. The first-order chi connectivity index (χ1) is 11.6. The van der Waals surface area contributed by atoms with Crippen LogP contribution in [0.1, 0.15) is 24.0 Å². The third-order valence-corrected chi connectivity index (χ3v) is 4.23. The Morgan fingerprint density at radius 2 is 2.17 bits per heavy atom. The molecule has 126 valence electrons. The predicted octanol–water partition coefficient (Wildman–Crippen LogP) is 3.05. The number of carbonyl (C=O) groups excluding carboxylic acids is 1. The van der Waals surface area contributed by atoms with Gasteiger partial charge in [-0.3, -0.25) is 4.79 Å². The molecule has 24 heavy (non-hydrogen) atoms. The van der Waals surface area contributed by atoms with Crippen LogP contribution in [0.25, 0.3) is 0 Å². The highest BCUT2D eigenvalue weighted by Crippen LogP contribution is 2.17. The molecule has 1 fully saturated rings. The summed E-state index contributed by atoms with van der Waals surface area (Å²) in [5.41, 5.74) is 2.21. The number of aryl methyl sites for hydroxylation is 1. The summed E-state index contributed by atoms with van der Waals surface area (Å²) in [4.78, 5) is 22.5. The van der Waals surface area contributed by atoms with E-state index in [0.717, 1.165) is 24.9 Å². The number of likely N-dealkylation sites (tertiary alicyclic amines) is 1. The van der Waals surface area contributed by atoms with E-state index in [9.17, 15) is 4.79 Å². The van der Waals surface area contributed by atoms with Crippen LogP contribution in [0.2, 0.25) is 5.02 Å². The Hall–Kier alpha value is -2.14. The maximum absolute atomic E-state index is 12.5. The summed E-state index contributed by atoms with van der Waals surface area (Å²) in [5, 5.41) is 0.473. The molecule has 0 radical (unpaired) electrons. The molecule has 3 rings (SSSR count). The second-order valence-corrected chi connectivity index (χ2v) is 6.51. The molecule has 0 bridgehead atoms. The van der Waals surface area contributed by atoms with E-state index in [1.807, 2.05) is 30.0 Å². The minimum atomic E-state index is -0.0821. The minimum Gasteiger partial charge on any atom is -0.458 e. The van der Waals surface area contributed by atoms with Gasteiger partial charge in [0.25, 0.3) is 0 Å². The zero-order valence-corrected chi connectivity index (χ0v) is 14.4. The Morgan fingerprint density at radius 1 is 1.38 bits per heavy atom. The third kappa shape index (κ3) is 4.45. The van der Waals surface area contributed by atoms with Crippen molar-refractivity contribution in [3.8, 4) is 6.01 Å². The van der Waals surface area contributed by atoms with Crippen LogP contribution in [-0.2, 0) is 11.2 Å². The topological polar surface area (TPSA) is 55.3 Å². The Bertz CT molecular complexity index is 706. The molecule has 1 amide bonds. The van der Waals surface area contributed by atoms with Crippen molar-refractivity contribution in [2.45, 2.75) is 32.3 Å². The van der Waals surface area contributed by atoms with Gasteiger partial charge >= 0.3 is 6.01 Å². The van der Waals surface area contributed by atoms with Gasteiger partial charge in [-0.05, 0) is 25.3 Å². The summed E-state index contributed by atoms with van der Waals surface area (Å²) >= 11 is 5.77. The van der Waals surface area contributed by atoms with Crippen molar-refractivity contribution in [2.75, 3.05) is 13.1 Å². The molecule has 0 N–H and O–H groups in total. The second kappa shape index (κ2) is 7.62. The highest BCUT2D eigenvalue weighted by Gasteiger charge is 2.25. The number of hydrogen-bond acceptors (Lipinski definition) is 4. The number of hydrogen-bond donors (Lipinski definition) is 0. The molecule has 1 atom stereocenters. The van der Waals surface area contributed by atoms with Crippen molar-refractivity contribution in [1.82, 2.24) is 14.9 Å². The maximum atomic E-state index is 12.5. The zero-order valence-electron chi connectivity index (χ0n) is 13.6. The highest BCUT2D eigenvalue weighted by molar-refractivity contribution is 6.30. The van der Waals surface area contributed by atoms with Gasteiger partial charge < -0.3 is 9.64 Å². The number of rotatable bonds is 4. The van der Waals surface area contributed by atoms with Crippen molar-refractivity contribution in [1.29, 1.82) is 0 Å². The van der Waals surface area contributed by atoms with Gasteiger partial charge in [-0.25, -0.2) is 9.97 Å². The van der Waals surface area contributed by atoms with Crippen molar-refractivity contribution in [2.24, 2.45) is 0 Å². The van der Waals surface area contributed by atoms with Gasteiger partial charge in [0.15, 0.2) is 0 Å². The molecular formula is C18H20ClN3O2. The molecule has 2 aromatic rings. The van der Waals surface area contributed by atoms with E-state index in [-0.39, 0.29) is 12.0 Å². The molecular weight excluding hydrogens is 326 g/mol. The van der Waals surface area contributed by atoms with E-state index >= 15 is 0 Å². The Morgan fingerprint density at radius 3 is 2.92 bits per heavy atom. The molecule has 5 nitrogen and oxygen atoms in total. The lowest BCUT2D eigenvalue weighted by molar-refractivity contribution is -0.133. The lowest BCUT2D eigenvalue weighted by atomic mass is 10.1. The van der Waals surface area contributed by atoms with Crippen LogP contribution in [0.15, 0.2) is 36.7 Å². The maximum Gasteiger partial charge on any atom is 0.316 e. The summed E-state index contributed by atoms with van der Waals surface area (Å²) in [6.45, 7) is 3.37. The largest absolute Gasteiger partial charge is 0.458 e. The molecule has 1 aliphatic heterocycles. The average Bonchev–Trinajstić information content (AvgIpc) is 2.57. The van der Waals surface area contributed by atoms with Crippen molar-refractivity contribution >= 4 is 17.5 Å². The summed E-state index contributed by atoms with van der Waals surface area (Å²) in [5.74, 6) is 0.130. The van der Waals surface area contributed by atoms with Crippen LogP contribution in [0.5, 0.6) is 6.01 Å². The van der Waals surface area contributed by atoms with Gasteiger partial charge in [0.1, 0.15) is 6.10 Å². The summed E-state index contributed by atoms with van der Waals surface area (Å²) in [6, 6.07) is 8.36. The van der Waals surface area contributed by atoms with Crippen LogP contribution in [-0.4, -0.2) is 40.0 Å². The smallest absolute Gasteiger partial charge is 0.316 e. The highest BCUT2D eigenvalue weighted by atomic mass is 35.5. The molecule has 1 saturated heterocycles. The van der Waals surface area contributed by atoms with E-state index in [1.54, 1.807) is 0 Å². The van der Waals surface area contributed by atoms with Gasteiger partial charge in [-0.15, -0.1) is 0 Å². The normalized spacial score (nSPS) is 17.6. The standard InChI is InChI=1S/C18H20ClN3O2/c1-13-4-2-5-14(8-13)9-17(23)22-7-3-6-16(12-22)24-18-20-10-15(19)11-21-18/h2,4-5,8,10-11,16H,3,6-7,9,12H2,1H3. The van der Waals surface area contributed by atoms with Gasteiger partial charge in [-0.1, -0.05) is 41.4 Å². The monoisotopic (exact) mass is 345 g/mol. The Balaban J connectivity index is 1.58. The quantitative estimate of drug-likeness (QED) is 0.854. The van der Waals surface area contributed by atoms with Gasteiger partial charge in [0, 0.05) is 6.54 Å². The molecule has 1 aromatic heterocycles. The Kier molecular flexibility index (Phi) is 5.30. The molecule has 6 heteroatoms. The fourth-order valence-electron chi connectivity index (χ4n) is 2.88. The van der Waals surface area contributed by atoms with Crippen molar-refractivity contribution in [3.05, 3.63) is 52.8 Å². The number of ether oxygens (including phenoxy) is 1. The van der Waals surface area contributed by atoms with Crippen LogP contribution in [0, 0.1) is 6.92 Å². The summed E-state index contributed by atoms with van der Waals surface area (Å²) < 4.78 is 5.79. The molecule has 0 saturated carbocycles. The molecule has 1 aliphatic rings. The van der Waals surface area contributed by atoms with Crippen LogP contribution >= 0.6 is 11.6 Å². The number of piperidine rings is 1. The van der Waals surface area contributed by atoms with Crippen LogP contribution in [0.4, 0.5) is 0 Å². The number of halogens is 1. The van der Waals surface area contributed by atoms with Crippen LogP contribution < -0.4 is 4.74 Å².